The molecule has 1 saturated heterocycles. The van der Waals surface area contributed by atoms with Crippen LogP contribution in [0.3, 0.4) is 0 Å². The molecular formula is C30H46N6O7S2. The van der Waals surface area contributed by atoms with E-state index in [1.807, 2.05) is 11.8 Å². The summed E-state index contributed by atoms with van der Waals surface area (Å²) in [5.41, 5.74) is 9.80. The fourth-order valence-corrected chi connectivity index (χ4v) is 7.03. The minimum Gasteiger partial charge on any atom is -0.479 e. The normalized spacial score (nSPS) is 26.0. The fraction of sp³-hybridized carbons (Fsp3) is 0.767. The van der Waals surface area contributed by atoms with E-state index in [1.165, 1.54) is 0 Å². The summed E-state index contributed by atoms with van der Waals surface area (Å²) in [4.78, 5) is 71.1. The lowest BCUT2D eigenvalue weighted by Gasteiger charge is -2.36. The molecule has 0 aromatic heterocycles. The SMILES string of the molecule is C[C@H]1CC2CC(CCC3CC(=O)N(CCCCCCCCCCC(=O)NC(S)C(=O)NC(S)C(=O)O)/C(=C/2ON=[N+]=[N-])C3)C1=O. The largest absolute Gasteiger partial charge is 0.479 e. The van der Waals surface area contributed by atoms with Crippen molar-refractivity contribution in [2.45, 2.75) is 114 Å². The van der Waals surface area contributed by atoms with E-state index in [4.69, 9.17) is 15.5 Å². The molecule has 0 spiro atoms. The van der Waals surface area contributed by atoms with Crippen LogP contribution >= 0.6 is 25.3 Å². The number of rotatable bonds is 17. The minimum atomic E-state index is -1.37. The molecule has 15 heteroatoms. The zero-order valence-corrected chi connectivity index (χ0v) is 27.6. The number of allylic oxidation sites excluding steroid dienone is 2. The van der Waals surface area contributed by atoms with Gasteiger partial charge < -0.3 is 25.5 Å². The van der Waals surface area contributed by atoms with Crippen molar-refractivity contribution >= 4 is 54.7 Å². The number of nitrogens with zero attached hydrogens (tertiary/aromatic N) is 4. The third kappa shape index (κ3) is 11.1. The quantitative estimate of drug-likeness (QED) is 0.0273. The van der Waals surface area contributed by atoms with Crippen molar-refractivity contribution in [3.05, 3.63) is 21.9 Å². The third-order valence-corrected chi connectivity index (χ3v) is 9.73. The summed E-state index contributed by atoms with van der Waals surface area (Å²) >= 11 is 7.73. The highest BCUT2D eigenvalue weighted by molar-refractivity contribution is 7.82. The number of ketones is 1. The van der Waals surface area contributed by atoms with Crippen LogP contribution < -0.4 is 10.6 Å². The number of fused-ring (bicyclic) bond motifs is 4. The maximum absolute atomic E-state index is 13.3. The molecule has 1 saturated carbocycles. The van der Waals surface area contributed by atoms with Crippen molar-refractivity contribution in [1.82, 2.24) is 15.5 Å². The Labute approximate surface area is 275 Å². The number of hydrogen-bond acceptors (Lipinski definition) is 9. The van der Waals surface area contributed by atoms with E-state index in [2.05, 4.69) is 46.1 Å². The van der Waals surface area contributed by atoms with Gasteiger partial charge in [0, 0.05) is 42.1 Å². The molecule has 3 amide bonds. The molecule has 1 heterocycles. The first kappa shape index (κ1) is 36.6. The highest BCUT2D eigenvalue weighted by Crippen LogP contribution is 2.44. The second-order valence-corrected chi connectivity index (χ2v) is 13.5. The number of thiol groups is 2. The Hall–Kier alpha value is -2.90. The zero-order chi connectivity index (χ0) is 32.9. The monoisotopic (exact) mass is 666 g/mol. The van der Waals surface area contributed by atoms with Crippen molar-refractivity contribution in [2.75, 3.05) is 6.54 Å². The van der Waals surface area contributed by atoms with E-state index in [1.54, 1.807) is 0 Å². The summed E-state index contributed by atoms with van der Waals surface area (Å²) in [6.07, 6.45) is 11.7. The standard InChI is InChI=1S/C30H46N6O7S2/c1-18-14-21-17-20(25(18)39)12-11-19-15-22(26(21)43-35-34-31)36(24(38)16-19)13-9-7-5-3-2-4-6-8-10-23(37)32-28(44)27(40)33-29(45)30(41)42/h18-21,28-29,44-45H,2-17H2,1H3,(H,32,37)(H,33,40)(H,41,42)/b26-22-/t18-,19?,20?,21?,28?,29?/m0/s1. The van der Waals surface area contributed by atoms with Gasteiger partial charge in [0.05, 0.1) is 5.70 Å². The van der Waals surface area contributed by atoms with Crippen molar-refractivity contribution in [3.63, 3.8) is 0 Å². The Kier molecular flexibility index (Phi) is 14.9. The first-order chi connectivity index (χ1) is 21.5. The molecule has 0 aromatic rings. The van der Waals surface area contributed by atoms with Gasteiger partial charge in [-0.05, 0) is 56.4 Å². The van der Waals surface area contributed by atoms with Crippen molar-refractivity contribution < 1.29 is 33.9 Å². The predicted octanol–water partition coefficient (Wildman–Crippen LogP) is 5.04. The number of hydrogen-bond donors (Lipinski definition) is 5. The molecule has 13 nitrogen and oxygen atoms in total. The average Bonchev–Trinajstić information content (AvgIpc) is 3.04. The summed E-state index contributed by atoms with van der Waals surface area (Å²) in [6.45, 7) is 2.53. The van der Waals surface area contributed by atoms with Crippen LogP contribution in [0.2, 0.25) is 0 Å². The number of amides is 3. The maximum Gasteiger partial charge on any atom is 0.336 e. The predicted molar refractivity (Wildman–Crippen MR) is 172 cm³/mol. The molecule has 0 aromatic carbocycles. The number of Topliss-reactive ketones (excluding diaryl/α,β-unsaturated/α-hetero) is 1. The molecule has 3 aliphatic rings. The van der Waals surface area contributed by atoms with E-state index in [0.717, 1.165) is 63.5 Å². The summed E-state index contributed by atoms with van der Waals surface area (Å²) in [5.74, 6) is -1.47. The number of likely N-dealkylation sites (tertiary alicyclic amines) is 1. The van der Waals surface area contributed by atoms with Gasteiger partial charge in [-0.2, -0.15) is 0 Å². The molecule has 250 valence electrons. The molecular weight excluding hydrogens is 620 g/mol. The zero-order valence-electron chi connectivity index (χ0n) is 25.9. The molecule has 5 unspecified atom stereocenters. The second kappa shape index (κ2) is 18.3. The molecule has 2 fully saturated rings. The number of carbonyl (C=O) groups is 5. The molecule has 45 heavy (non-hydrogen) atoms. The van der Waals surface area contributed by atoms with Gasteiger partial charge in [-0.15, -0.1) is 25.3 Å². The number of piperidine rings is 1. The van der Waals surface area contributed by atoms with Crippen molar-refractivity contribution in [1.29, 1.82) is 0 Å². The lowest BCUT2D eigenvalue weighted by molar-refractivity contribution is -0.139. The van der Waals surface area contributed by atoms with E-state index in [-0.39, 0.29) is 41.9 Å². The van der Waals surface area contributed by atoms with Gasteiger partial charge in [0.25, 0.3) is 5.91 Å². The van der Waals surface area contributed by atoms with Gasteiger partial charge in [0.15, 0.2) is 10.7 Å². The lowest BCUT2D eigenvalue weighted by atomic mass is 9.72. The molecule has 1 aliphatic heterocycles. The van der Waals surface area contributed by atoms with Crippen LogP contribution in [0.5, 0.6) is 0 Å². The Morgan fingerprint density at radius 2 is 1.64 bits per heavy atom. The Bertz CT molecular complexity index is 1180. The summed E-state index contributed by atoms with van der Waals surface area (Å²) in [6, 6.07) is 0. The maximum atomic E-state index is 13.3. The van der Waals surface area contributed by atoms with Gasteiger partial charge in [0.1, 0.15) is 16.8 Å². The van der Waals surface area contributed by atoms with Crippen LogP contribution in [0.4, 0.5) is 0 Å². The third-order valence-electron chi connectivity index (χ3n) is 9.02. The molecule has 4 bridgehead atoms. The van der Waals surface area contributed by atoms with Crippen LogP contribution in [0.15, 0.2) is 16.7 Å². The van der Waals surface area contributed by atoms with Crippen LogP contribution in [-0.2, 0) is 28.8 Å². The number of aliphatic carboxylic acids is 1. The fourth-order valence-electron chi connectivity index (χ4n) is 6.68. The smallest absolute Gasteiger partial charge is 0.336 e. The summed E-state index contributed by atoms with van der Waals surface area (Å²) in [7, 11) is 0. The number of carboxylic acids is 1. The summed E-state index contributed by atoms with van der Waals surface area (Å²) in [5, 5.41) is 14.3. The van der Waals surface area contributed by atoms with Crippen LogP contribution in [0.25, 0.3) is 10.4 Å². The average molecular weight is 667 g/mol. The van der Waals surface area contributed by atoms with Crippen molar-refractivity contribution in [2.24, 2.45) is 28.9 Å². The molecule has 6 atom stereocenters. The Balaban J connectivity index is 1.38. The topological polar surface area (TPSA) is 191 Å². The molecule has 2 aliphatic carbocycles. The molecule has 0 radical (unpaired) electrons. The van der Waals surface area contributed by atoms with E-state index in [9.17, 15) is 24.0 Å². The number of nitrogens with one attached hydrogen (secondary N) is 2. The van der Waals surface area contributed by atoms with Crippen molar-refractivity contribution in [3.8, 4) is 0 Å². The van der Waals surface area contributed by atoms with Crippen LogP contribution in [-0.4, -0.2) is 56.8 Å². The van der Waals surface area contributed by atoms with Gasteiger partial charge in [-0.25, -0.2) is 4.79 Å². The molecule has 3 rings (SSSR count). The molecule has 3 N–H and O–H groups in total. The van der Waals surface area contributed by atoms with E-state index >= 15 is 0 Å². The van der Waals surface area contributed by atoms with Gasteiger partial charge >= 0.3 is 5.97 Å². The summed E-state index contributed by atoms with van der Waals surface area (Å²) < 4.78 is 0. The van der Waals surface area contributed by atoms with E-state index < -0.39 is 22.6 Å². The Morgan fingerprint density at radius 1 is 0.978 bits per heavy atom. The number of azide groups is 1. The highest BCUT2D eigenvalue weighted by atomic mass is 32.1. The van der Waals surface area contributed by atoms with Gasteiger partial charge in [-0.1, -0.05) is 45.4 Å². The Morgan fingerprint density at radius 3 is 2.31 bits per heavy atom. The van der Waals surface area contributed by atoms with Crippen LogP contribution in [0.1, 0.15) is 103 Å². The first-order valence-corrected chi connectivity index (χ1v) is 17.0. The highest BCUT2D eigenvalue weighted by Gasteiger charge is 2.42. The lowest BCUT2D eigenvalue weighted by Crippen LogP contribution is -2.47. The number of unbranched alkanes of at least 4 members (excludes halogenated alkanes) is 7. The van der Waals surface area contributed by atoms with Crippen LogP contribution in [0, 0.1) is 23.7 Å². The minimum absolute atomic E-state index is 0.0453. The van der Waals surface area contributed by atoms with E-state index in [0.29, 0.717) is 50.2 Å². The second-order valence-electron chi connectivity index (χ2n) is 12.4. The number of carbonyl (C=O) groups excluding carboxylic acids is 4. The van der Waals surface area contributed by atoms with Gasteiger partial charge in [0.2, 0.25) is 11.8 Å². The first-order valence-electron chi connectivity index (χ1n) is 16.0. The number of carboxylic acid groups (broad SMARTS) is 1. The van der Waals surface area contributed by atoms with Gasteiger partial charge in [-0.3, -0.25) is 19.2 Å².